The van der Waals surface area contributed by atoms with Crippen LogP contribution in [-0.4, -0.2) is 21.5 Å². The Morgan fingerprint density at radius 1 is 1.20 bits per heavy atom. The van der Waals surface area contributed by atoms with E-state index in [4.69, 9.17) is 23.8 Å². The van der Waals surface area contributed by atoms with Crippen LogP contribution in [0.2, 0.25) is 5.02 Å². The SMILES string of the molecule is Cc1cc(/C=C2/C(=O)NC(=S)N(c3cccc(Cl)c3)C2=O)c(C)n1C. The van der Waals surface area contributed by atoms with E-state index in [0.717, 1.165) is 17.0 Å². The van der Waals surface area contributed by atoms with Gasteiger partial charge in [0.05, 0.1) is 5.69 Å². The molecule has 3 rings (SSSR count). The van der Waals surface area contributed by atoms with Gasteiger partial charge in [-0.2, -0.15) is 0 Å². The van der Waals surface area contributed by atoms with Gasteiger partial charge in [0.2, 0.25) is 0 Å². The van der Waals surface area contributed by atoms with Crippen molar-refractivity contribution in [3.63, 3.8) is 0 Å². The number of aromatic nitrogens is 1. The molecule has 2 amide bonds. The number of carbonyl (C=O) groups excluding carboxylic acids is 2. The van der Waals surface area contributed by atoms with E-state index in [2.05, 4.69) is 5.32 Å². The third kappa shape index (κ3) is 3.10. The third-order valence-electron chi connectivity index (χ3n) is 4.28. The second-order valence-electron chi connectivity index (χ2n) is 5.82. The van der Waals surface area contributed by atoms with Crippen LogP contribution in [0.15, 0.2) is 35.9 Å². The molecule has 1 saturated heterocycles. The summed E-state index contributed by atoms with van der Waals surface area (Å²) in [6, 6.07) is 8.69. The van der Waals surface area contributed by atoms with Crippen LogP contribution >= 0.6 is 23.8 Å². The van der Waals surface area contributed by atoms with E-state index in [-0.39, 0.29) is 10.7 Å². The number of anilines is 1. The minimum atomic E-state index is -0.505. The molecule has 128 valence electrons. The summed E-state index contributed by atoms with van der Waals surface area (Å²) in [5.74, 6) is -0.980. The minimum Gasteiger partial charge on any atom is -0.352 e. The smallest absolute Gasteiger partial charge is 0.270 e. The van der Waals surface area contributed by atoms with Crippen LogP contribution in [-0.2, 0) is 16.6 Å². The minimum absolute atomic E-state index is 0.0299. The van der Waals surface area contributed by atoms with Crippen LogP contribution in [0, 0.1) is 13.8 Å². The first-order chi connectivity index (χ1) is 11.8. The molecular weight excluding hydrogens is 358 g/mol. The van der Waals surface area contributed by atoms with E-state index in [1.165, 1.54) is 4.90 Å². The first-order valence-electron chi connectivity index (χ1n) is 7.59. The Bertz CT molecular complexity index is 946. The number of benzene rings is 1. The Kier molecular flexibility index (Phi) is 4.49. The summed E-state index contributed by atoms with van der Waals surface area (Å²) in [4.78, 5) is 26.5. The molecule has 0 saturated carbocycles. The van der Waals surface area contributed by atoms with E-state index in [1.54, 1.807) is 30.3 Å². The summed E-state index contributed by atoms with van der Waals surface area (Å²) < 4.78 is 2.00. The lowest BCUT2D eigenvalue weighted by atomic mass is 10.1. The Labute approximate surface area is 155 Å². The molecule has 0 spiro atoms. The number of rotatable bonds is 2. The number of hydrogen-bond acceptors (Lipinski definition) is 3. The standard InChI is InChI=1S/C18H16ClN3O2S/c1-10-7-12(11(2)21(10)3)8-15-16(23)20-18(25)22(17(15)24)14-6-4-5-13(19)9-14/h4-9H,1-3H3,(H,20,23,25)/b15-8-. The Balaban J connectivity index is 2.06. The highest BCUT2D eigenvalue weighted by Gasteiger charge is 2.34. The van der Waals surface area contributed by atoms with Crippen molar-refractivity contribution in [2.75, 3.05) is 4.90 Å². The monoisotopic (exact) mass is 373 g/mol. The van der Waals surface area contributed by atoms with Crippen LogP contribution < -0.4 is 10.2 Å². The number of carbonyl (C=O) groups is 2. The number of thiocarbonyl (C=S) groups is 1. The second-order valence-corrected chi connectivity index (χ2v) is 6.65. The number of nitrogens with one attached hydrogen (secondary N) is 1. The maximum Gasteiger partial charge on any atom is 0.270 e. The van der Waals surface area contributed by atoms with E-state index < -0.39 is 11.8 Å². The van der Waals surface area contributed by atoms with E-state index in [1.807, 2.05) is 31.5 Å². The van der Waals surface area contributed by atoms with Gasteiger partial charge in [-0.1, -0.05) is 17.7 Å². The summed E-state index contributed by atoms with van der Waals surface area (Å²) >= 11 is 11.2. The number of nitrogens with zero attached hydrogens (tertiary/aromatic N) is 2. The molecule has 5 nitrogen and oxygen atoms in total. The summed E-state index contributed by atoms with van der Waals surface area (Å²) in [5, 5.41) is 3.08. The fourth-order valence-electron chi connectivity index (χ4n) is 2.69. The molecular formula is C18H16ClN3O2S. The Hall–Kier alpha value is -2.44. The van der Waals surface area contributed by atoms with Gasteiger partial charge in [-0.15, -0.1) is 0 Å². The van der Waals surface area contributed by atoms with Crippen LogP contribution in [0.4, 0.5) is 5.69 Å². The second kappa shape index (κ2) is 6.46. The van der Waals surface area contributed by atoms with Gasteiger partial charge in [0.1, 0.15) is 5.57 Å². The van der Waals surface area contributed by atoms with Crippen LogP contribution in [0.25, 0.3) is 6.08 Å². The number of halogens is 1. The molecule has 0 aliphatic carbocycles. The molecule has 2 heterocycles. The molecule has 0 radical (unpaired) electrons. The van der Waals surface area contributed by atoms with Crippen molar-refractivity contribution in [3.8, 4) is 0 Å². The molecule has 1 aliphatic heterocycles. The maximum atomic E-state index is 12.9. The molecule has 0 bridgehead atoms. The quantitative estimate of drug-likeness (QED) is 0.500. The zero-order chi connectivity index (χ0) is 18.3. The van der Waals surface area contributed by atoms with Crippen LogP contribution in [0.5, 0.6) is 0 Å². The van der Waals surface area contributed by atoms with Crippen molar-refractivity contribution in [1.82, 2.24) is 9.88 Å². The summed E-state index contributed by atoms with van der Waals surface area (Å²) in [6.07, 6.45) is 1.60. The predicted molar refractivity (Wildman–Crippen MR) is 103 cm³/mol. The first-order valence-corrected chi connectivity index (χ1v) is 8.38. The van der Waals surface area contributed by atoms with Crippen molar-refractivity contribution in [3.05, 3.63) is 57.9 Å². The highest BCUT2D eigenvalue weighted by molar-refractivity contribution is 7.80. The normalized spacial score (nSPS) is 16.6. The molecule has 0 atom stereocenters. The van der Waals surface area contributed by atoms with Gasteiger partial charge >= 0.3 is 0 Å². The Morgan fingerprint density at radius 3 is 2.52 bits per heavy atom. The van der Waals surface area contributed by atoms with E-state index >= 15 is 0 Å². The predicted octanol–water partition coefficient (Wildman–Crippen LogP) is 3.13. The molecule has 1 aromatic heterocycles. The molecule has 1 N–H and O–H groups in total. The lowest BCUT2D eigenvalue weighted by molar-refractivity contribution is -0.122. The lowest BCUT2D eigenvalue weighted by Crippen LogP contribution is -2.54. The van der Waals surface area contributed by atoms with Gasteiger partial charge in [-0.25, -0.2) is 0 Å². The van der Waals surface area contributed by atoms with Crippen molar-refractivity contribution >= 4 is 52.5 Å². The van der Waals surface area contributed by atoms with Crippen LogP contribution in [0.3, 0.4) is 0 Å². The topological polar surface area (TPSA) is 54.3 Å². The van der Waals surface area contributed by atoms with Gasteiger partial charge in [-0.3, -0.25) is 19.8 Å². The van der Waals surface area contributed by atoms with Gasteiger partial charge in [0.15, 0.2) is 5.11 Å². The molecule has 7 heteroatoms. The average molecular weight is 374 g/mol. The summed E-state index contributed by atoms with van der Waals surface area (Å²) in [5.41, 5.74) is 3.36. The van der Waals surface area contributed by atoms with Gasteiger partial charge < -0.3 is 4.57 Å². The number of hydrogen-bond donors (Lipinski definition) is 1. The highest BCUT2D eigenvalue weighted by Crippen LogP contribution is 2.25. The van der Waals surface area contributed by atoms with Gasteiger partial charge in [0.25, 0.3) is 11.8 Å². The molecule has 0 unspecified atom stereocenters. The summed E-state index contributed by atoms with van der Waals surface area (Å²) in [6.45, 7) is 3.90. The molecule has 2 aromatic rings. The lowest BCUT2D eigenvalue weighted by Gasteiger charge is -2.29. The van der Waals surface area contributed by atoms with Gasteiger partial charge in [-0.05, 0) is 62.0 Å². The maximum absolute atomic E-state index is 12.9. The van der Waals surface area contributed by atoms with Crippen LogP contribution in [0.1, 0.15) is 17.0 Å². The van der Waals surface area contributed by atoms with Crippen molar-refractivity contribution in [2.24, 2.45) is 7.05 Å². The fourth-order valence-corrected chi connectivity index (χ4v) is 3.16. The highest BCUT2D eigenvalue weighted by atomic mass is 35.5. The average Bonchev–Trinajstić information content (AvgIpc) is 2.78. The van der Waals surface area contributed by atoms with E-state index in [9.17, 15) is 9.59 Å². The summed E-state index contributed by atoms with van der Waals surface area (Å²) in [7, 11) is 1.93. The van der Waals surface area contributed by atoms with Crippen molar-refractivity contribution in [2.45, 2.75) is 13.8 Å². The first kappa shape index (κ1) is 17.4. The Morgan fingerprint density at radius 2 is 1.92 bits per heavy atom. The largest absolute Gasteiger partial charge is 0.352 e. The zero-order valence-electron chi connectivity index (χ0n) is 14.0. The van der Waals surface area contributed by atoms with Crippen molar-refractivity contribution in [1.29, 1.82) is 0 Å². The molecule has 1 aliphatic rings. The van der Waals surface area contributed by atoms with Gasteiger partial charge in [0, 0.05) is 23.5 Å². The van der Waals surface area contributed by atoms with Crippen molar-refractivity contribution < 1.29 is 9.59 Å². The fraction of sp³-hybridized carbons (Fsp3) is 0.167. The number of aryl methyl sites for hydroxylation is 1. The zero-order valence-corrected chi connectivity index (χ0v) is 15.5. The third-order valence-corrected chi connectivity index (χ3v) is 4.80. The molecule has 25 heavy (non-hydrogen) atoms. The number of amides is 2. The van der Waals surface area contributed by atoms with E-state index in [0.29, 0.717) is 10.7 Å². The molecule has 1 aromatic carbocycles. The molecule has 1 fully saturated rings.